The van der Waals surface area contributed by atoms with Crippen molar-refractivity contribution in [2.45, 2.75) is 0 Å². The Morgan fingerprint density at radius 1 is 0.765 bits per heavy atom. The molecule has 0 radical (unpaired) electrons. The molecule has 0 amide bonds. The second-order valence-electron chi connectivity index (χ2n) is 2.95. The number of benzene rings is 2. The number of phenolic OH excluding ortho intramolecular Hbond substituents is 1. The summed E-state index contributed by atoms with van der Waals surface area (Å²) in [5, 5.41) is 8.63. The molecule has 1 heteroatoms. The summed E-state index contributed by atoms with van der Waals surface area (Å²) >= 11 is 0. The van der Waals surface area contributed by atoms with Gasteiger partial charge in [0.05, 0.1) is 0 Å². The van der Waals surface area contributed by atoms with E-state index in [0.29, 0.717) is 5.75 Å². The number of hydrogen-bond acceptors (Lipinski definition) is 1. The summed E-state index contributed by atoms with van der Waals surface area (Å²) in [4.78, 5) is 0. The van der Waals surface area contributed by atoms with E-state index in [0.717, 1.165) is 0 Å². The molecule has 0 unspecified atom stereocenters. The third kappa shape index (κ3) is 7.63. The number of para-hydroxylation sites is 1. The Bertz CT molecular complexity index is 392. The lowest BCUT2D eigenvalue weighted by molar-refractivity contribution is 0.475. The third-order valence-electron chi connectivity index (χ3n) is 1.79. The van der Waals surface area contributed by atoms with E-state index in [-0.39, 0.29) is 0 Å². The monoisotopic (exact) mass is 226 g/mol. The fraction of sp³-hybridized carbons (Fsp3) is 0. The average Bonchev–Trinajstić information content (AvgIpc) is 2.43. The number of phenols is 1. The van der Waals surface area contributed by atoms with E-state index >= 15 is 0 Å². The van der Waals surface area contributed by atoms with Crippen LogP contribution < -0.4 is 0 Å². The molecule has 0 heterocycles. The van der Waals surface area contributed by atoms with Gasteiger partial charge in [-0.1, -0.05) is 61.2 Å². The van der Waals surface area contributed by atoms with Gasteiger partial charge in [-0.3, -0.25) is 0 Å². The number of hydrogen-bond donors (Lipinski definition) is 1. The van der Waals surface area contributed by atoms with Gasteiger partial charge in [-0.25, -0.2) is 0 Å². The van der Waals surface area contributed by atoms with Crippen LogP contribution in [-0.2, 0) is 0 Å². The molecule has 0 spiro atoms. The van der Waals surface area contributed by atoms with Crippen molar-refractivity contribution in [1.29, 1.82) is 0 Å². The van der Waals surface area contributed by atoms with Crippen LogP contribution in [0.25, 0.3) is 6.08 Å². The minimum Gasteiger partial charge on any atom is -0.508 e. The second kappa shape index (κ2) is 10.2. The lowest BCUT2D eigenvalue weighted by atomic mass is 10.2. The van der Waals surface area contributed by atoms with Crippen LogP contribution in [-0.4, -0.2) is 5.11 Å². The van der Waals surface area contributed by atoms with Crippen molar-refractivity contribution in [2.75, 3.05) is 0 Å². The van der Waals surface area contributed by atoms with Crippen LogP contribution in [0, 0.1) is 0 Å². The van der Waals surface area contributed by atoms with Crippen molar-refractivity contribution in [3.63, 3.8) is 0 Å². The quantitative estimate of drug-likeness (QED) is 0.708. The van der Waals surface area contributed by atoms with Crippen LogP contribution in [0.15, 0.2) is 80.4 Å². The Balaban J connectivity index is 0.000000265. The fourth-order valence-corrected chi connectivity index (χ4v) is 1.02. The zero-order valence-electron chi connectivity index (χ0n) is 9.92. The summed E-state index contributed by atoms with van der Waals surface area (Å²) in [6.07, 6.45) is 1.83. The highest BCUT2D eigenvalue weighted by Gasteiger charge is 1.76. The van der Waals surface area contributed by atoms with Crippen molar-refractivity contribution < 1.29 is 5.11 Å². The summed E-state index contributed by atoms with van der Waals surface area (Å²) in [6, 6.07) is 18.7. The molecule has 2 aromatic rings. The first kappa shape index (κ1) is 14.7. The van der Waals surface area contributed by atoms with Crippen LogP contribution in [0.2, 0.25) is 0 Å². The second-order valence-corrected chi connectivity index (χ2v) is 2.95. The van der Waals surface area contributed by atoms with E-state index in [1.165, 1.54) is 5.56 Å². The molecule has 17 heavy (non-hydrogen) atoms. The van der Waals surface area contributed by atoms with Gasteiger partial charge in [-0.05, 0) is 17.7 Å². The SMILES string of the molecule is C=C.C=Cc1ccccc1.Oc1ccccc1. The predicted molar refractivity (Wildman–Crippen MR) is 75.9 cm³/mol. The van der Waals surface area contributed by atoms with Gasteiger partial charge in [0.25, 0.3) is 0 Å². The standard InChI is InChI=1S/C8H8.C6H6O.C2H4/c1-2-8-6-4-3-5-7-8;7-6-4-2-1-3-5-6;1-2/h2-7H,1H2;1-5,7H;1-2H2. The molecule has 0 aromatic heterocycles. The van der Waals surface area contributed by atoms with Crippen molar-refractivity contribution in [3.8, 4) is 5.75 Å². The maximum absolute atomic E-state index is 8.63. The molecule has 2 aromatic carbocycles. The van der Waals surface area contributed by atoms with E-state index in [1.807, 2.05) is 42.5 Å². The average molecular weight is 226 g/mol. The van der Waals surface area contributed by atoms with Crippen LogP contribution in [0.4, 0.5) is 0 Å². The van der Waals surface area contributed by atoms with Gasteiger partial charge in [0.15, 0.2) is 0 Å². The Kier molecular flexibility index (Phi) is 8.87. The molecule has 0 bridgehead atoms. The van der Waals surface area contributed by atoms with Crippen LogP contribution in [0.3, 0.4) is 0 Å². The topological polar surface area (TPSA) is 20.2 Å². The van der Waals surface area contributed by atoms with Crippen LogP contribution >= 0.6 is 0 Å². The number of rotatable bonds is 1. The molecule has 0 fully saturated rings. The van der Waals surface area contributed by atoms with Crippen molar-refractivity contribution in [1.82, 2.24) is 0 Å². The van der Waals surface area contributed by atoms with E-state index in [2.05, 4.69) is 19.7 Å². The van der Waals surface area contributed by atoms with Gasteiger partial charge in [0.1, 0.15) is 5.75 Å². The summed E-state index contributed by atoms with van der Waals surface area (Å²) in [5.41, 5.74) is 1.17. The first-order valence-electron chi connectivity index (χ1n) is 5.24. The molecule has 1 N–H and O–H groups in total. The molecule has 0 saturated carbocycles. The predicted octanol–water partition coefficient (Wildman–Crippen LogP) is 4.52. The molecule has 88 valence electrons. The summed E-state index contributed by atoms with van der Waals surface area (Å²) < 4.78 is 0. The molecule has 1 nitrogen and oxygen atoms in total. The lowest BCUT2D eigenvalue weighted by Crippen LogP contribution is -1.63. The zero-order valence-corrected chi connectivity index (χ0v) is 9.92. The normalized spacial score (nSPS) is 7.76. The van der Waals surface area contributed by atoms with E-state index in [1.54, 1.807) is 24.3 Å². The zero-order chi connectivity index (χ0) is 12.9. The molecule has 0 aliphatic heterocycles. The summed E-state index contributed by atoms with van der Waals surface area (Å²) in [7, 11) is 0. The van der Waals surface area contributed by atoms with E-state index in [9.17, 15) is 0 Å². The largest absolute Gasteiger partial charge is 0.508 e. The first-order valence-corrected chi connectivity index (χ1v) is 5.24. The van der Waals surface area contributed by atoms with E-state index in [4.69, 9.17) is 5.11 Å². The molecule has 0 saturated heterocycles. The highest BCUT2D eigenvalue weighted by molar-refractivity contribution is 5.45. The maximum atomic E-state index is 8.63. The lowest BCUT2D eigenvalue weighted by Gasteiger charge is -1.85. The Hall–Kier alpha value is -2.28. The van der Waals surface area contributed by atoms with E-state index < -0.39 is 0 Å². The molecule has 0 aliphatic rings. The van der Waals surface area contributed by atoms with Gasteiger partial charge >= 0.3 is 0 Å². The van der Waals surface area contributed by atoms with Gasteiger partial charge < -0.3 is 5.11 Å². The Labute approximate surface area is 103 Å². The van der Waals surface area contributed by atoms with Crippen molar-refractivity contribution in [2.24, 2.45) is 0 Å². The maximum Gasteiger partial charge on any atom is 0.115 e. The van der Waals surface area contributed by atoms with Gasteiger partial charge in [0, 0.05) is 0 Å². The molecule has 0 atom stereocenters. The minimum absolute atomic E-state index is 0.322. The minimum atomic E-state index is 0.322. The molecular formula is C16H18O. The summed E-state index contributed by atoms with van der Waals surface area (Å²) in [6.45, 7) is 9.63. The Morgan fingerprint density at radius 2 is 1.18 bits per heavy atom. The van der Waals surface area contributed by atoms with Crippen molar-refractivity contribution >= 4 is 6.08 Å². The van der Waals surface area contributed by atoms with Crippen molar-refractivity contribution in [3.05, 3.63) is 86.0 Å². The van der Waals surface area contributed by atoms with Crippen LogP contribution in [0.5, 0.6) is 5.75 Å². The smallest absolute Gasteiger partial charge is 0.115 e. The van der Waals surface area contributed by atoms with Crippen LogP contribution in [0.1, 0.15) is 5.56 Å². The number of aromatic hydroxyl groups is 1. The summed E-state index contributed by atoms with van der Waals surface area (Å²) in [5.74, 6) is 0.322. The van der Waals surface area contributed by atoms with Gasteiger partial charge in [0.2, 0.25) is 0 Å². The first-order chi connectivity index (χ1) is 8.33. The Morgan fingerprint density at radius 3 is 1.41 bits per heavy atom. The highest BCUT2D eigenvalue weighted by atomic mass is 16.3. The fourth-order valence-electron chi connectivity index (χ4n) is 1.02. The third-order valence-corrected chi connectivity index (χ3v) is 1.79. The molecular weight excluding hydrogens is 208 g/mol. The highest BCUT2D eigenvalue weighted by Crippen LogP contribution is 2.02. The van der Waals surface area contributed by atoms with Gasteiger partial charge in [-0.15, -0.1) is 13.2 Å². The molecule has 0 aliphatic carbocycles. The van der Waals surface area contributed by atoms with Gasteiger partial charge in [-0.2, -0.15) is 0 Å². The molecule has 2 rings (SSSR count).